The van der Waals surface area contributed by atoms with Gasteiger partial charge in [0.1, 0.15) is 9.84 Å². The van der Waals surface area contributed by atoms with Gasteiger partial charge in [0, 0.05) is 18.2 Å². The third-order valence-corrected chi connectivity index (χ3v) is 5.35. The lowest BCUT2D eigenvalue weighted by atomic mass is 9.81. The van der Waals surface area contributed by atoms with Crippen LogP contribution in [0.25, 0.3) is 0 Å². The van der Waals surface area contributed by atoms with Crippen molar-refractivity contribution in [3.8, 4) is 0 Å². The summed E-state index contributed by atoms with van der Waals surface area (Å²) in [6.45, 7) is 11.1. The minimum atomic E-state index is -3.12. The van der Waals surface area contributed by atoms with Crippen LogP contribution in [0.5, 0.6) is 0 Å². The Morgan fingerprint density at radius 1 is 1.08 bits per heavy atom. The highest BCUT2D eigenvalue weighted by atomic mass is 35.5. The molecule has 150 valence electrons. The first kappa shape index (κ1) is 24.9. The molecule has 1 unspecified atom stereocenters. The highest BCUT2D eigenvalue weighted by Crippen LogP contribution is 2.27. The third-order valence-electron chi connectivity index (χ3n) is 4.37. The van der Waals surface area contributed by atoms with E-state index in [-0.39, 0.29) is 41.3 Å². The Kier molecular flexibility index (Phi) is 8.81. The molecule has 0 bridgehead atoms. The molecule has 0 spiro atoms. The Hall–Kier alpha value is -1.11. The number of nitrogens with two attached hydrogens (primary N) is 1. The van der Waals surface area contributed by atoms with Crippen LogP contribution >= 0.6 is 12.4 Å². The number of halogens is 1. The number of hydrogen-bond donors (Lipinski definition) is 2. The van der Waals surface area contributed by atoms with E-state index in [0.29, 0.717) is 6.54 Å². The number of sulfone groups is 1. The van der Waals surface area contributed by atoms with Gasteiger partial charge in [-0.2, -0.15) is 0 Å². The van der Waals surface area contributed by atoms with Crippen molar-refractivity contribution in [2.24, 2.45) is 5.73 Å². The normalized spacial score (nSPS) is 13.7. The number of carbonyl (C=O) groups is 1. The van der Waals surface area contributed by atoms with Gasteiger partial charge in [0.05, 0.1) is 11.8 Å². The molecular weight excluding hydrogens is 372 g/mol. The van der Waals surface area contributed by atoms with Crippen LogP contribution in [-0.4, -0.2) is 38.9 Å². The second kappa shape index (κ2) is 9.20. The molecule has 0 saturated heterocycles. The summed E-state index contributed by atoms with van der Waals surface area (Å²) in [7, 11) is -3.12. The molecule has 0 radical (unpaired) electrons. The maximum Gasteiger partial charge on any atom is 0.236 e. The molecule has 0 aliphatic carbocycles. The maximum atomic E-state index is 12.1. The van der Waals surface area contributed by atoms with Gasteiger partial charge in [-0.3, -0.25) is 4.79 Å². The molecule has 1 atom stereocenters. The predicted molar refractivity (Wildman–Crippen MR) is 111 cm³/mol. The number of nitrogens with one attached hydrogen (secondary N) is 1. The van der Waals surface area contributed by atoms with Crippen molar-refractivity contribution in [1.82, 2.24) is 5.32 Å². The van der Waals surface area contributed by atoms with Gasteiger partial charge in [0.15, 0.2) is 0 Å². The predicted octanol–water partition coefficient (Wildman–Crippen LogP) is 2.56. The molecule has 0 aromatic heterocycles. The number of amides is 1. The van der Waals surface area contributed by atoms with Crippen LogP contribution in [0.3, 0.4) is 0 Å². The van der Waals surface area contributed by atoms with Gasteiger partial charge in [0.25, 0.3) is 0 Å². The van der Waals surface area contributed by atoms with Crippen LogP contribution in [0.2, 0.25) is 0 Å². The average Bonchev–Trinajstić information content (AvgIpc) is 2.49. The van der Waals surface area contributed by atoms with Crippen molar-refractivity contribution in [1.29, 1.82) is 0 Å². The summed E-state index contributed by atoms with van der Waals surface area (Å²) in [5.74, 6) is -0.401. The minimum Gasteiger partial charge on any atom is -0.354 e. The van der Waals surface area contributed by atoms with Gasteiger partial charge >= 0.3 is 0 Å². The molecule has 0 saturated carbocycles. The molecule has 5 nitrogen and oxygen atoms in total. The Morgan fingerprint density at radius 3 is 1.96 bits per heavy atom. The summed E-state index contributed by atoms with van der Waals surface area (Å²) in [6, 6.07) is 7.62. The lowest BCUT2D eigenvalue weighted by molar-refractivity contribution is -0.122. The van der Waals surface area contributed by atoms with Crippen LogP contribution in [-0.2, 0) is 25.5 Å². The van der Waals surface area contributed by atoms with E-state index in [1.54, 1.807) is 0 Å². The molecule has 0 heterocycles. The van der Waals surface area contributed by atoms with Crippen molar-refractivity contribution in [2.45, 2.75) is 57.9 Å². The van der Waals surface area contributed by atoms with E-state index in [2.05, 4.69) is 64.2 Å². The second-order valence-corrected chi connectivity index (χ2v) is 10.7. The van der Waals surface area contributed by atoms with Gasteiger partial charge < -0.3 is 11.1 Å². The summed E-state index contributed by atoms with van der Waals surface area (Å²) in [4.78, 5) is 12.1. The van der Waals surface area contributed by atoms with Crippen molar-refractivity contribution < 1.29 is 13.2 Å². The molecule has 0 aliphatic heterocycles. The third kappa shape index (κ3) is 8.06. The zero-order valence-corrected chi connectivity index (χ0v) is 18.3. The minimum absolute atomic E-state index is 0. The highest BCUT2D eigenvalue weighted by molar-refractivity contribution is 7.90. The summed E-state index contributed by atoms with van der Waals surface area (Å²) in [6.07, 6.45) is 1.27. The van der Waals surface area contributed by atoms with E-state index < -0.39 is 15.9 Å². The molecule has 0 aliphatic rings. The van der Waals surface area contributed by atoms with Crippen molar-refractivity contribution >= 4 is 28.2 Å². The molecule has 1 rings (SSSR count). The van der Waals surface area contributed by atoms with E-state index in [1.165, 1.54) is 5.56 Å². The summed E-state index contributed by atoms with van der Waals surface area (Å²) < 4.78 is 22.3. The molecule has 7 heteroatoms. The average molecular weight is 405 g/mol. The zero-order valence-electron chi connectivity index (χ0n) is 16.6. The Balaban J connectivity index is 0.00000625. The monoisotopic (exact) mass is 404 g/mol. The molecule has 1 aromatic rings. The topological polar surface area (TPSA) is 89.3 Å². The smallest absolute Gasteiger partial charge is 0.236 e. The molecule has 26 heavy (non-hydrogen) atoms. The highest BCUT2D eigenvalue weighted by Gasteiger charge is 2.24. The SMILES string of the molecule is CC(C)(C)c1ccc(C(C)(C)CNC(=O)C(N)CCS(C)(=O)=O)cc1.Cl. The Labute approximate surface area is 164 Å². The van der Waals surface area contributed by atoms with E-state index in [4.69, 9.17) is 5.73 Å². The largest absolute Gasteiger partial charge is 0.354 e. The fourth-order valence-corrected chi connectivity index (χ4v) is 3.12. The summed E-state index contributed by atoms with van der Waals surface area (Å²) in [5.41, 5.74) is 8.03. The number of hydrogen-bond acceptors (Lipinski definition) is 4. The first-order valence-electron chi connectivity index (χ1n) is 8.54. The lowest BCUT2D eigenvalue weighted by Crippen LogP contribution is -2.45. The van der Waals surface area contributed by atoms with Crippen molar-refractivity contribution in [3.05, 3.63) is 35.4 Å². The van der Waals surface area contributed by atoms with Crippen molar-refractivity contribution in [3.63, 3.8) is 0 Å². The van der Waals surface area contributed by atoms with Crippen LogP contribution in [0.15, 0.2) is 24.3 Å². The van der Waals surface area contributed by atoms with Gasteiger partial charge in [-0.1, -0.05) is 58.9 Å². The Morgan fingerprint density at radius 2 is 1.54 bits per heavy atom. The summed E-state index contributed by atoms with van der Waals surface area (Å²) >= 11 is 0. The van der Waals surface area contributed by atoms with Crippen LogP contribution in [0, 0.1) is 0 Å². The van der Waals surface area contributed by atoms with Crippen LogP contribution < -0.4 is 11.1 Å². The van der Waals surface area contributed by atoms with Crippen molar-refractivity contribution in [2.75, 3.05) is 18.6 Å². The first-order chi connectivity index (χ1) is 11.2. The van der Waals surface area contributed by atoms with E-state index in [9.17, 15) is 13.2 Å². The molecule has 0 fully saturated rings. The first-order valence-corrected chi connectivity index (χ1v) is 10.6. The van der Waals surface area contributed by atoms with Crippen LogP contribution in [0.4, 0.5) is 0 Å². The molecule has 3 N–H and O–H groups in total. The zero-order chi connectivity index (χ0) is 19.5. The van der Waals surface area contributed by atoms with Gasteiger partial charge in [0.2, 0.25) is 5.91 Å². The van der Waals surface area contributed by atoms with E-state index >= 15 is 0 Å². The van der Waals surface area contributed by atoms with Gasteiger partial charge in [-0.25, -0.2) is 8.42 Å². The number of carbonyl (C=O) groups excluding carboxylic acids is 1. The fourth-order valence-electron chi connectivity index (χ4n) is 2.43. The van der Waals surface area contributed by atoms with E-state index in [0.717, 1.165) is 11.8 Å². The Bertz CT molecular complexity index is 692. The summed E-state index contributed by atoms with van der Waals surface area (Å²) in [5, 5.41) is 2.84. The van der Waals surface area contributed by atoms with E-state index in [1.807, 2.05) is 0 Å². The maximum absolute atomic E-state index is 12.1. The lowest BCUT2D eigenvalue weighted by Gasteiger charge is -2.28. The molecule has 1 aromatic carbocycles. The number of rotatable bonds is 7. The number of benzene rings is 1. The fraction of sp³-hybridized carbons (Fsp3) is 0.632. The standard InChI is InChI=1S/C19H32N2O3S.ClH/c1-18(2,3)14-7-9-15(10-8-14)19(4,5)13-21-17(22)16(20)11-12-25(6,23)24;/h7-10,16H,11-13,20H2,1-6H3,(H,21,22);1H. The molecule has 1 amide bonds. The quantitative estimate of drug-likeness (QED) is 0.730. The van der Waals surface area contributed by atoms with Gasteiger partial charge in [-0.05, 0) is 23.0 Å². The van der Waals surface area contributed by atoms with Gasteiger partial charge in [-0.15, -0.1) is 12.4 Å². The second-order valence-electron chi connectivity index (χ2n) is 8.45. The van der Waals surface area contributed by atoms with Crippen LogP contribution in [0.1, 0.15) is 52.2 Å². The molecular formula is C19H33ClN2O3S.